The lowest BCUT2D eigenvalue weighted by Gasteiger charge is -2.33. The van der Waals surface area contributed by atoms with E-state index in [-0.39, 0.29) is 36.1 Å². The van der Waals surface area contributed by atoms with Crippen molar-refractivity contribution >= 4 is 12.3 Å². The highest BCUT2D eigenvalue weighted by Gasteiger charge is 2.71. The van der Waals surface area contributed by atoms with Crippen LogP contribution in [0.25, 0.3) is 0 Å². The first kappa shape index (κ1) is 35.2. The van der Waals surface area contributed by atoms with Crippen LogP contribution < -0.4 is 20.1 Å². The number of aromatic nitrogens is 1. The summed E-state index contributed by atoms with van der Waals surface area (Å²) in [6.07, 6.45) is -10.0. The number of pyridine rings is 1. The molecule has 0 spiro atoms. The van der Waals surface area contributed by atoms with E-state index in [0.717, 1.165) is 6.07 Å². The van der Waals surface area contributed by atoms with Gasteiger partial charge in [0.2, 0.25) is 12.3 Å². The van der Waals surface area contributed by atoms with E-state index in [1.54, 1.807) is 31.2 Å². The van der Waals surface area contributed by atoms with Gasteiger partial charge in [0.25, 0.3) is 5.60 Å². The van der Waals surface area contributed by atoms with Crippen molar-refractivity contribution in [3.63, 3.8) is 0 Å². The monoisotopic (exact) mass is 641 g/mol. The largest absolute Gasteiger partial charge is 0.491 e. The van der Waals surface area contributed by atoms with Crippen molar-refractivity contribution < 1.29 is 50.5 Å². The molecule has 0 aliphatic heterocycles. The number of aliphatic hydroxyl groups is 1. The molecule has 0 saturated heterocycles. The van der Waals surface area contributed by atoms with Gasteiger partial charge in [-0.25, -0.2) is 0 Å². The Hall–Kier alpha value is -4.33. The summed E-state index contributed by atoms with van der Waals surface area (Å²) >= 11 is 0. The van der Waals surface area contributed by atoms with Crippen LogP contribution in [0.5, 0.6) is 17.2 Å². The van der Waals surface area contributed by atoms with Gasteiger partial charge in [-0.1, -0.05) is 31.5 Å². The minimum atomic E-state index is -6.02. The van der Waals surface area contributed by atoms with Crippen molar-refractivity contribution in [2.45, 2.75) is 76.7 Å². The van der Waals surface area contributed by atoms with Gasteiger partial charge in [-0.3, -0.25) is 14.6 Å². The fraction of sp³-hybridized carbons (Fsp3) is 0.387. The number of hydrogen-bond acceptors (Lipinski definition) is 6. The molecule has 244 valence electrons. The zero-order valence-electron chi connectivity index (χ0n) is 24.8. The normalized spacial score (nSPS) is 13.6. The van der Waals surface area contributed by atoms with Crippen molar-refractivity contribution in [1.29, 1.82) is 0 Å². The summed E-state index contributed by atoms with van der Waals surface area (Å²) in [6, 6.07) is 11.6. The molecule has 0 radical (unpaired) electrons. The van der Waals surface area contributed by atoms with Gasteiger partial charge in [-0.15, -0.1) is 0 Å². The van der Waals surface area contributed by atoms with E-state index in [1.165, 1.54) is 25.3 Å². The second kappa shape index (κ2) is 13.8. The van der Waals surface area contributed by atoms with E-state index in [2.05, 4.69) is 15.6 Å². The number of amides is 2. The van der Waals surface area contributed by atoms with Crippen LogP contribution in [0.4, 0.5) is 26.3 Å². The molecule has 0 aliphatic rings. The zero-order chi connectivity index (χ0) is 33.6. The van der Waals surface area contributed by atoms with Crippen molar-refractivity contribution in [3.05, 3.63) is 83.2 Å². The number of rotatable bonds is 13. The SMILES string of the molecule is CCCc1cc(C(O)(C(F)(F)F)C(F)(F)F)ccc1Oc1ccnc(CNC(=O)C(C)(NC=O)c2cccc(OC(C)C)c2)c1. The zero-order valence-corrected chi connectivity index (χ0v) is 24.8. The van der Waals surface area contributed by atoms with E-state index in [9.17, 15) is 41.0 Å². The Labute approximate surface area is 255 Å². The van der Waals surface area contributed by atoms with Gasteiger partial charge in [0, 0.05) is 17.8 Å². The number of benzene rings is 2. The quantitative estimate of drug-likeness (QED) is 0.151. The summed E-state index contributed by atoms with van der Waals surface area (Å²) < 4.78 is 92.1. The average molecular weight is 642 g/mol. The highest BCUT2D eigenvalue weighted by atomic mass is 19.4. The number of hydrogen-bond donors (Lipinski definition) is 3. The standard InChI is InChI=1S/C31H33F6N3O5/c1-5-7-20-14-22(29(43,30(32,33)34)31(35,36)37)10-11-26(20)45-25-12-13-38-23(16-25)17-39-27(42)28(4,40-18-41)21-8-6-9-24(15-21)44-19(2)3/h6,8-16,18-19,43H,5,7,17H2,1-4H3,(H,39,42)(H,40,41). The lowest BCUT2D eigenvalue weighted by molar-refractivity contribution is -0.376. The lowest BCUT2D eigenvalue weighted by atomic mass is 9.90. The third-order valence-corrected chi connectivity index (χ3v) is 6.85. The summed E-state index contributed by atoms with van der Waals surface area (Å²) in [5.41, 5.74) is -7.19. The van der Waals surface area contributed by atoms with Gasteiger partial charge in [-0.2, -0.15) is 26.3 Å². The first-order chi connectivity index (χ1) is 21.0. The number of ether oxygens (including phenoxy) is 2. The summed E-state index contributed by atoms with van der Waals surface area (Å²) in [5.74, 6) is 0.0260. The number of carbonyl (C=O) groups excluding carboxylic acids is 2. The van der Waals surface area contributed by atoms with E-state index in [0.29, 0.717) is 42.0 Å². The molecule has 1 unspecified atom stereocenters. The predicted molar refractivity (Wildman–Crippen MR) is 151 cm³/mol. The summed E-state index contributed by atoms with van der Waals surface area (Å²) in [4.78, 5) is 28.9. The maximum absolute atomic E-state index is 13.4. The topological polar surface area (TPSA) is 110 Å². The maximum atomic E-state index is 13.4. The van der Waals surface area contributed by atoms with E-state index in [4.69, 9.17) is 9.47 Å². The van der Waals surface area contributed by atoms with Crippen LogP contribution in [0.2, 0.25) is 0 Å². The fourth-order valence-corrected chi connectivity index (χ4v) is 4.50. The molecule has 8 nitrogen and oxygen atoms in total. The van der Waals surface area contributed by atoms with Crippen LogP contribution in [-0.4, -0.2) is 40.9 Å². The minimum Gasteiger partial charge on any atom is -0.491 e. The second-order valence-corrected chi connectivity index (χ2v) is 10.6. The molecule has 2 aromatic carbocycles. The number of nitrogens with zero attached hydrogens (tertiary/aromatic N) is 1. The first-order valence-corrected chi connectivity index (χ1v) is 13.8. The number of aryl methyl sites for hydroxylation is 1. The van der Waals surface area contributed by atoms with Crippen LogP contribution in [0.1, 0.15) is 56.5 Å². The van der Waals surface area contributed by atoms with E-state index < -0.39 is 35.0 Å². The second-order valence-electron chi connectivity index (χ2n) is 10.6. The van der Waals surface area contributed by atoms with Crippen molar-refractivity contribution in [1.82, 2.24) is 15.6 Å². The smallest absolute Gasteiger partial charge is 0.430 e. The molecule has 0 saturated carbocycles. The van der Waals surface area contributed by atoms with Crippen molar-refractivity contribution in [2.24, 2.45) is 0 Å². The van der Waals surface area contributed by atoms with Gasteiger partial charge in [0.05, 0.1) is 18.3 Å². The van der Waals surface area contributed by atoms with Crippen LogP contribution in [0, 0.1) is 0 Å². The van der Waals surface area contributed by atoms with Crippen LogP contribution in [-0.2, 0) is 33.7 Å². The van der Waals surface area contributed by atoms with Gasteiger partial charge in [0.15, 0.2) is 0 Å². The van der Waals surface area contributed by atoms with Crippen molar-refractivity contribution in [3.8, 4) is 17.2 Å². The molecule has 0 bridgehead atoms. The maximum Gasteiger partial charge on any atom is 0.430 e. The molecule has 1 aromatic heterocycles. The average Bonchev–Trinajstić information content (AvgIpc) is 2.95. The molecule has 45 heavy (non-hydrogen) atoms. The molecule has 0 aliphatic carbocycles. The Morgan fingerprint density at radius 2 is 1.67 bits per heavy atom. The summed E-state index contributed by atoms with van der Waals surface area (Å²) in [5, 5.41) is 15.1. The third-order valence-electron chi connectivity index (χ3n) is 6.85. The number of nitrogens with one attached hydrogen (secondary N) is 2. The Morgan fingerprint density at radius 1 is 0.978 bits per heavy atom. The van der Waals surface area contributed by atoms with Gasteiger partial charge >= 0.3 is 12.4 Å². The number of alkyl halides is 6. The molecule has 3 aromatic rings. The molecule has 1 atom stereocenters. The highest BCUT2D eigenvalue weighted by molar-refractivity contribution is 5.89. The number of halogens is 6. The molecular formula is C31H33F6N3O5. The summed E-state index contributed by atoms with van der Waals surface area (Å²) in [6.45, 7) is 6.74. The van der Waals surface area contributed by atoms with Crippen molar-refractivity contribution in [2.75, 3.05) is 0 Å². The van der Waals surface area contributed by atoms with E-state index in [1.807, 2.05) is 13.8 Å². The lowest BCUT2D eigenvalue weighted by Crippen LogP contribution is -2.53. The minimum absolute atomic E-state index is 0.00738. The Morgan fingerprint density at radius 3 is 2.27 bits per heavy atom. The molecule has 3 N–H and O–H groups in total. The molecule has 1 heterocycles. The highest BCUT2D eigenvalue weighted by Crippen LogP contribution is 2.50. The molecule has 0 fully saturated rings. The van der Waals surface area contributed by atoms with Gasteiger partial charge in [-0.05, 0) is 68.7 Å². The third kappa shape index (κ3) is 7.85. The van der Waals surface area contributed by atoms with Crippen LogP contribution in [0.3, 0.4) is 0 Å². The Balaban J connectivity index is 1.84. The Bertz CT molecular complexity index is 1480. The van der Waals surface area contributed by atoms with Gasteiger partial charge < -0.3 is 25.2 Å². The molecule has 2 amide bonds. The van der Waals surface area contributed by atoms with Gasteiger partial charge in [0.1, 0.15) is 22.8 Å². The Kier molecular flexibility index (Phi) is 10.7. The number of carbonyl (C=O) groups is 2. The first-order valence-electron chi connectivity index (χ1n) is 13.8. The molecule has 14 heteroatoms. The van der Waals surface area contributed by atoms with Crippen LogP contribution >= 0.6 is 0 Å². The molecular weight excluding hydrogens is 608 g/mol. The summed E-state index contributed by atoms with van der Waals surface area (Å²) in [7, 11) is 0. The van der Waals surface area contributed by atoms with Crippen LogP contribution in [0.15, 0.2) is 60.8 Å². The van der Waals surface area contributed by atoms with E-state index >= 15 is 0 Å². The predicted octanol–water partition coefficient (Wildman–Crippen LogP) is 6.20. The fourth-order valence-electron chi connectivity index (χ4n) is 4.50. The molecule has 3 rings (SSSR count).